The van der Waals surface area contributed by atoms with Crippen LogP contribution in [0.1, 0.15) is 61.3 Å². The van der Waals surface area contributed by atoms with Crippen LogP contribution in [-0.2, 0) is 29.2 Å². The number of Topliss-reactive ketones (excluding diaryl/α,β-unsaturated/α-hetero) is 1. The van der Waals surface area contributed by atoms with Crippen molar-refractivity contribution in [3.05, 3.63) is 12.7 Å². The molecule has 2 fully saturated rings. The standard InChI is InChI=1S/C31H51F3N6O7S/c1-11-14-35-26(43)23(41)19(12-13-31(32,33)34)36-25(42)22-21-18(30(21,7)8)15-40(22)27(44)24(29(4,5)6)38-28(45)37-20(17(2)3)16-39(9)48(10,46)47/h11,17-22,24H,1,12-16H2,2-10H3,(H,35,43)(H,36,42)(H2,37,38,45)/t18-,19?,20+,21-,22-,24+/m0/s1. The summed E-state index contributed by atoms with van der Waals surface area (Å²) in [5.74, 6) is -4.64. The number of hydrogen-bond donors (Lipinski definition) is 4. The number of rotatable bonds is 15. The van der Waals surface area contributed by atoms with Crippen molar-refractivity contribution in [2.45, 2.75) is 91.7 Å². The predicted octanol–water partition coefficient (Wildman–Crippen LogP) is 1.80. The molecule has 1 unspecified atom stereocenters. The van der Waals surface area contributed by atoms with Gasteiger partial charge in [-0.1, -0.05) is 54.5 Å². The Morgan fingerprint density at radius 1 is 1.06 bits per heavy atom. The average Bonchev–Trinajstić information content (AvgIpc) is 3.26. The summed E-state index contributed by atoms with van der Waals surface area (Å²) < 4.78 is 64.5. The normalized spacial score (nSPS) is 22.3. The van der Waals surface area contributed by atoms with Crippen LogP contribution in [0.25, 0.3) is 0 Å². The van der Waals surface area contributed by atoms with E-state index >= 15 is 0 Å². The van der Waals surface area contributed by atoms with Crippen LogP contribution in [0.2, 0.25) is 0 Å². The summed E-state index contributed by atoms with van der Waals surface area (Å²) in [7, 11) is -2.16. The van der Waals surface area contributed by atoms with Gasteiger partial charge in [-0.05, 0) is 35.0 Å². The maximum Gasteiger partial charge on any atom is 0.389 e. The fourth-order valence-corrected chi connectivity index (χ4v) is 6.48. The van der Waals surface area contributed by atoms with Gasteiger partial charge in [0.05, 0.1) is 12.3 Å². The fraction of sp³-hybridized carbons (Fsp3) is 0.774. The highest BCUT2D eigenvalue weighted by Gasteiger charge is 2.70. The van der Waals surface area contributed by atoms with E-state index < -0.39 is 93.6 Å². The molecule has 1 heterocycles. The number of urea groups is 1. The first-order chi connectivity index (χ1) is 21.7. The highest BCUT2D eigenvalue weighted by molar-refractivity contribution is 7.88. The Morgan fingerprint density at radius 3 is 2.12 bits per heavy atom. The lowest BCUT2D eigenvalue weighted by Crippen LogP contribution is -2.62. The van der Waals surface area contributed by atoms with Crippen molar-refractivity contribution in [3.8, 4) is 0 Å². The van der Waals surface area contributed by atoms with Gasteiger partial charge < -0.3 is 26.2 Å². The lowest BCUT2D eigenvalue weighted by Gasteiger charge is -2.38. The maximum atomic E-state index is 14.2. The van der Waals surface area contributed by atoms with Crippen LogP contribution < -0.4 is 21.3 Å². The van der Waals surface area contributed by atoms with E-state index in [1.54, 1.807) is 34.6 Å². The van der Waals surface area contributed by atoms with Crippen molar-refractivity contribution in [1.82, 2.24) is 30.5 Å². The van der Waals surface area contributed by atoms with E-state index in [9.17, 15) is 45.6 Å². The van der Waals surface area contributed by atoms with E-state index in [-0.39, 0.29) is 37.4 Å². The Hall–Kier alpha value is -3.21. The predicted molar refractivity (Wildman–Crippen MR) is 173 cm³/mol. The van der Waals surface area contributed by atoms with Crippen molar-refractivity contribution in [1.29, 1.82) is 0 Å². The molecule has 1 aliphatic carbocycles. The van der Waals surface area contributed by atoms with Crippen LogP contribution in [0.5, 0.6) is 0 Å². The Morgan fingerprint density at radius 2 is 1.65 bits per heavy atom. The van der Waals surface area contributed by atoms with Crippen molar-refractivity contribution in [2.75, 3.05) is 32.9 Å². The second-order valence-electron chi connectivity index (χ2n) is 14.8. The van der Waals surface area contributed by atoms with Crippen LogP contribution >= 0.6 is 0 Å². The zero-order valence-corrected chi connectivity index (χ0v) is 30.0. The quantitative estimate of drug-likeness (QED) is 0.148. The molecule has 1 aliphatic heterocycles. The number of carbonyl (C=O) groups excluding carboxylic acids is 5. The van der Waals surface area contributed by atoms with Gasteiger partial charge in [0.15, 0.2) is 0 Å². The summed E-state index contributed by atoms with van der Waals surface area (Å²) >= 11 is 0. The number of likely N-dealkylation sites (tertiary alicyclic amines) is 1. The van der Waals surface area contributed by atoms with Crippen LogP contribution in [-0.4, -0.2) is 110 Å². The number of piperidine rings is 1. The topological polar surface area (TPSA) is 174 Å². The number of ketones is 1. The van der Waals surface area contributed by atoms with Gasteiger partial charge in [-0.3, -0.25) is 19.2 Å². The Labute approximate surface area is 281 Å². The van der Waals surface area contributed by atoms with Gasteiger partial charge >= 0.3 is 12.2 Å². The van der Waals surface area contributed by atoms with Crippen molar-refractivity contribution in [2.24, 2.45) is 28.6 Å². The van der Waals surface area contributed by atoms with Crippen LogP contribution in [0.15, 0.2) is 12.7 Å². The molecular weight excluding hydrogens is 657 g/mol. The van der Waals surface area contributed by atoms with Crippen LogP contribution in [0.3, 0.4) is 0 Å². The summed E-state index contributed by atoms with van der Waals surface area (Å²) in [6.45, 7) is 15.9. The summed E-state index contributed by atoms with van der Waals surface area (Å²) in [6, 6.07) is -5.52. The first-order valence-electron chi connectivity index (χ1n) is 15.8. The number of halogens is 3. The molecule has 274 valence electrons. The number of carbonyl (C=O) groups is 5. The van der Waals surface area contributed by atoms with Crippen LogP contribution in [0, 0.1) is 28.6 Å². The maximum absolute atomic E-state index is 14.2. The molecule has 17 heteroatoms. The molecule has 0 spiro atoms. The van der Waals surface area contributed by atoms with E-state index in [1.807, 2.05) is 13.8 Å². The number of alkyl halides is 3. The highest BCUT2D eigenvalue weighted by Crippen LogP contribution is 2.65. The lowest BCUT2D eigenvalue weighted by atomic mass is 9.85. The number of hydrogen-bond acceptors (Lipinski definition) is 7. The number of fused-ring (bicyclic) bond motifs is 1. The number of sulfonamides is 1. The molecule has 5 amide bonds. The van der Waals surface area contributed by atoms with Gasteiger partial charge in [-0.15, -0.1) is 6.58 Å². The van der Waals surface area contributed by atoms with Gasteiger partial charge in [0.2, 0.25) is 27.6 Å². The molecule has 1 saturated heterocycles. The first-order valence-corrected chi connectivity index (χ1v) is 17.7. The molecule has 1 saturated carbocycles. The lowest BCUT2D eigenvalue weighted by molar-refractivity contribution is -0.148. The number of nitrogens with one attached hydrogen (secondary N) is 4. The molecule has 2 aliphatic rings. The number of nitrogens with zero attached hydrogens (tertiary/aromatic N) is 2. The monoisotopic (exact) mass is 708 g/mol. The molecule has 0 aromatic heterocycles. The van der Waals surface area contributed by atoms with Crippen molar-refractivity contribution < 1.29 is 45.6 Å². The largest absolute Gasteiger partial charge is 0.389 e. The van der Waals surface area contributed by atoms with Gasteiger partial charge in [-0.2, -0.15) is 13.2 Å². The Kier molecular flexibility index (Phi) is 12.9. The summed E-state index contributed by atoms with van der Waals surface area (Å²) in [6.07, 6.45) is -4.67. The smallest absolute Gasteiger partial charge is 0.346 e. The SMILES string of the molecule is C=CCNC(=O)C(=O)C(CCC(F)(F)F)NC(=O)[C@@H]1[C@@H]2[C@H](CN1C(=O)[C@@H](NC(=O)N[C@H](CN(C)S(C)(=O)=O)C(C)C)C(C)(C)C)C2(C)C. The zero-order valence-electron chi connectivity index (χ0n) is 29.2. The van der Waals surface area contributed by atoms with E-state index in [0.717, 1.165) is 10.6 Å². The molecule has 48 heavy (non-hydrogen) atoms. The summed E-state index contributed by atoms with van der Waals surface area (Å²) in [5.41, 5.74) is -1.28. The second-order valence-corrected chi connectivity index (χ2v) is 16.9. The fourth-order valence-electron chi connectivity index (χ4n) is 6.05. The third-order valence-corrected chi connectivity index (χ3v) is 10.6. The highest BCUT2D eigenvalue weighted by atomic mass is 32.2. The second kappa shape index (κ2) is 15.1. The molecule has 0 bridgehead atoms. The van der Waals surface area contributed by atoms with E-state index in [0.29, 0.717) is 0 Å². The van der Waals surface area contributed by atoms with Crippen molar-refractivity contribution >= 4 is 39.6 Å². The third kappa shape index (κ3) is 10.4. The van der Waals surface area contributed by atoms with E-state index in [4.69, 9.17) is 0 Å². The van der Waals surface area contributed by atoms with Crippen LogP contribution in [0.4, 0.5) is 18.0 Å². The zero-order chi connectivity index (χ0) is 37.2. The molecule has 0 radical (unpaired) electrons. The molecular formula is C31H51F3N6O7S. The first kappa shape index (κ1) is 41.0. The van der Waals surface area contributed by atoms with Gasteiger partial charge in [0, 0.05) is 39.1 Å². The van der Waals surface area contributed by atoms with Gasteiger partial charge in [0.25, 0.3) is 5.91 Å². The molecule has 0 aromatic carbocycles. The molecule has 0 aromatic rings. The average molecular weight is 709 g/mol. The molecule has 13 nitrogen and oxygen atoms in total. The minimum absolute atomic E-state index is 0.0231. The van der Waals surface area contributed by atoms with Gasteiger partial charge in [0.1, 0.15) is 12.1 Å². The minimum Gasteiger partial charge on any atom is -0.346 e. The number of likely N-dealkylation sites (N-methyl/N-ethyl adjacent to an activating group) is 1. The van der Waals surface area contributed by atoms with Gasteiger partial charge in [-0.25, -0.2) is 17.5 Å². The van der Waals surface area contributed by atoms with Crippen molar-refractivity contribution in [3.63, 3.8) is 0 Å². The Balaban J connectivity index is 2.35. The molecule has 6 atom stereocenters. The Bertz CT molecular complexity index is 1360. The molecule has 4 N–H and O–H groups in total. The number of amides is 5. The van der Waals surface area contributed by atoms with E-state index in [1.165, 1.54) is 18.0 Å². The minimum atomic E-state index is -4.67. The van der Waals surface area contributed by atoms with E-state index in [2.05, 4.69) is 27.8 Å². The summed E-state index contributed by atoms with van der Waals surface area (Å²) in [5, 5.41) is 9.98. The third-order valence-electron chi connectivity index (χ3n) is 9.27. The molecule has 2 rings (SSSR count). The summed E-state index contributed by atoms with van der Waals surface area (Å²) in [4.78, 5) is 67.8.